The van der Waals surface area contributed by atoms with E-state index in [0.717, 1.165) is 25.3 Å². The Morgan fingerprint density at radius 2 is 2.10 bits per heavy atom. The molecule has 2 fully saturated rings. The van der Waals surface area contributed by atoms with Crippen LogP contribution in [0.25, 0.3) is 0 Å². The van der Waals surface area contributed by atoms with Gasteiger partial charge in [0.1, 0.15) is 5.82 Å². The van der Waals surface area contributed by atoms with Crippen LogP contribution in [0.5, 0.6) is 0 Å². The molecule has 1 heterocycles. The number of likely N-dealkylation sites (tertiary alicyclic amines) is 1. The molecule has 0 radical (unpaired) electrons. The number of halogens is 1. The molecule has 1 aliphatic heterocycles. The summed E-state index contributed by atoms with van der Waals surface area (Å²) in [5, 5.41) is 5.09. The molecule has 2 unspecified atom stereocenters. The van der Waals surface area contributed by atoms with E-state index >= 15 is 0 Å². The van der Waals surface area contributed by atoms with Gasteiger partial charge in [0.15, 0.2) is 0 Å². The van der Waals surface area contributed by atoms with E-state index in [2.05, 4.69) is 0 Å². The fourth-order valence-corrected chi connectivity index (χ4v) is 4.23. The molecule has 1 aromatic carbocycles. The highest BCUT2D eigenvalue weighted by atomic mass is 32.2. The van der Waals surface area contributed by atoms with Crippen molar-refractivity contribution in [2.45, 2.75) is 37.1 Å². The Labute approximate surface area is 123 Å². The number of primary sulfonamides is 1. The van der Waals surface area contributed by atoms with E-state index in [9.17, 15) is 17.6 Å². The minimum absolute atomic E-state index is 0.0506. The molecule has 1 saturated heterocycles. The Morgan fingerprint density at radius 1 is 1.38 bits per heavy atom. The van der Waals surface area contributed by atoms with Gasteiger partial charge in [0.2, 0.25) is 10.0 Å². The van der Waals surface area contributed by atoms with Gasteiger partial charge in [0, 0.05) is 23.7 Å². The molecular weight excluding hydrogens is 295 g/mol. The Bertz CT molecular complexity index is 717. The first-order valence-electron chi connectivity index (χ1n) is 6.91. The molecule has 2 bridgehead atoms. The quantitative estimate of drug-likeness (QED) is 0.896. The number of nitrogens with two attached hydrogens (primary N) is 1. The molecule has 1 aromatic rings. The summed E-state index contributed by atoms with van der Waals surface area (Å²) in [6.45, 7) is 2.00. The van der Waals surface area contributed by atoms with Crippen LogP contribution in [0.4, 0.5) is 4.39 Å². The first-order chi connectivity index (χ1) is 9.77. The predicted octanol–water partition coefficient (Wildman–Crippen LogP) is 1.41. The largest absolute Gasteiger partial charge is 0.335 e. The van der Waals surface area contributed by atoms with Crippen LogP contribution >= 0.6 is 0 Å². The number of sulfonamides is 1. The zero-order valence-electron chi connectivity index (χ0n) is 11.7. The van der Waals surface area contributed by atoms with Crippen molar-refractivity contribution in [2.75, 3.05) is 6.54 Å². The number of hydrogen-bond acceptors (Lipinski definition) is 3. The van der Waals surface area contributed by atoms with Crippen molar-refractivity contribution in [1.29, 1.82) is 0 Å². The average Bonchev–Trinajstić information content (AvgIpc) is 3.01. The Morgan fingerprint density at radius 3 is 2.62 bits per heavy atom. The second-order valence-electron chi connectivity index (χ2n) is 5.92. The van der Waals surface area contributed by atoms with Gasteiger partial charge in [-0.05, 0) is 44.2 Å². The third kappa shape index (κ3) is 2.44. The summed E-state index contributed by atoms with van der Waals surface area (Å²) in [4.78, 5) is 13.9. The van der Waals surface area contributed by atoms with Crippen LogP contribution in [0.15, 0.2) is 17.0 Å². The van der Waals surface area contributed by atoms with Gasteiger partial charge < -0.3 is 4.90 Å². The third-order valence-corrected chi connectivity index (χ3v) is 5.56. The van der Waals surface area contributed by atoms with Crippen LogP contribution in [0.2, 0.25) is 0 Å². The van der Waals surface area contributed by atoms with Gasteiger partial charge in [-0.25, -0.2) is 17.9 Å². The lowest BCUT2D eigenvalue weighted by atomic mass is 10.1. The van der Waals surface area contributed by atoms with Crippen molar-refractivity contribution in [3.05, 3.63) is 29.1 Å². The molecule has 1 aliphatic carbocycles. The molecule has 2 N–H and O–H groups in total. The van der Waals surface area contributed by atoms with Gasteiger partial charge in [0.25, 0.3) is 5.91 Å². The zero-order chi connectivity index (χ0) is 15.4. The maximum Gasteiger partial charge on any atom is 0.254 e. The molecule has 1 amide bonds. The van der Waals surface area contributed by atoms with E-state index in [1.807, 2.05) is 0 Å². The third-order valence-electron chi connectivity index (χ3n) is 4.52. The smallest absolute Gasteiger partial charge is 0.254 e. The fraction of sp³-hybridized carbons (Fsp3) is 0.500. The van der Waals surface area contributed by atoms with Crippen molar-refractivity contribution >= 4 is 15.9 Å². The lowest BCUT2D eigenvalue weighted by Gasteiger charge is -2.27. The van der Waals surface area contributed by atoms with Crippen LogP contribution in [0.1, 0.15) is 35.2 Å². The van der Waals surface area contributed by atoms with E-state index in [1.54, 1.807) is 4.90 Å². The molecule has 0 spiro atoms. The lowest BCUT2D eigenvalue weighted by molar-refractivity contribution is 0.0703. The highest BCUT2D eigenvalue weighted by Gasteiger charge is 2.40. The van der Waals surface area contributed by atoms with Crippen LogP contribution in [-0.4, -0.2) is 31.8 Å². The minimum atomic E-state index is -4.06. The van der Waals surface area contributed by atoms with E-state index in [4.69, 9.17) is 5.14 Å². The van der Waals surface area contributed by atoms with Crippen LogP contribution in [0.3, 0.4) is 0 Å². The van der Waals surface area contributed by atoms with Crippen molar-refractivity contribution in [2.24, 2.45) is 11.1 Å². The van der Waals surface area contributed by atoms with Crippen LogP contribution < -0.4 is 5.14 Å². The molecule has 0 aromatic heterocycles. The fourth-order valence-electron chi connectivity index (χ4n) is 3.41. The molecule has 5 nitrogen and oxygen atoms in total. The maximum absolute atomic E-state index is 13.9. The molecular formula is C14H17FN2O3S. The van der Waals surface area contributed by atoms with Gasteiger partial charge in [-0.15, -0.1) is 0 Å². The summed E-state index contributed by atoms with van der Waals surface area (Å²) in [5.41, 5.74) is -0.00772. The minimum Gasteiger partial charge on any atom is -0.335 e. The first-order valence-corrected chi connectivity index (χ1v) is 8.46. The van der Waals surface area contributed by atoms with Gasteiger partial charge in [-0.2, -0.15) is 0 Å². The summed E-state index contributed by atoms with van der Waals surface area (Å²) >= 11 is 0. The SMILES string of the molecule is Cc1c(F)cc(C(=O)N2CC3CCC2C3)cc1S(N)(=O)=O. The first kappa shape index (κ1) is 14.5. The molecule has 1 saturated carbocycles. The normalized spacial score (nSPS) is 24.6. The molecule has 2 aliphatic rings. The van der Waals surface area contributed by atoms with E-state index in [0.29, 0.717) is 12.5 Å². The number of carbonyl (C=O) groups excluding carboxylic acids is 1. The number of carbonyl (C=O) groups is 1. The molecule has 21 heavy (non-hydrogen) atoms. The van der Waals surface area contributed by atoms with Crippen molar-refractivity contribution in [3.8, 4) is 0 Å². The molecule has 2 atom stereocenters. The number of rotatable bonds is 2. The summed E-state index contributed by atoms with van der Waals surface area (Å²) in [6.07, 6.45) is 3.08. The van der Waals surface area contributed by atoms with Gasteiger partial charge in [-0.3, -0.25) is 4.79 Å². The van der Waals surface area contributed by atoms with Crippen molar-refractivity contribution < 1.29 is 17.6 Å². The highest BCUT2D eigenvalue weighted by Crippen LogP contribution is 2.38. The monoisotopic (exact) mass is 312 g/mol. The van der Waals surface area contributed by atoms with E-state index < -0.39 is 15.8 Å². The van der Waals surface area contributed by atoms with E-state index in [1.165, 1.54) is 13.0 Å². The summed E-state index contributed by atoms with van der Waals surface area (Å²) in [5.74, 6) is -0.521. The Kier molecular flexibility index (Phi) is 3.29. The Balaban J connectivity index is 1.99. The van der Waals surface area contributed by atoms with Gasteiger partial charge >= 0.3 is 0 Å². The standard InChI is InChI=1S/C14H17FN2O3S/c1-8-12(15)5-10(6-13(8)21(16,19)20)14(18)17-7-9-2-3-11(17)4-9/h5-6,9,11H,2-4,7H2,1H3,(H2,16,19,20). The highest BCUT2D eigenvalue weighted by molar-refractivity contribution is 7.89. The summed E-state index contributed by atoms with van der Waals surface area (Å²) < 4.78 is 36.9. The van der Waals surface area contributed by atoms with Crippen LogP contribution in [-0.2, 0) is 10.0 Å². The predicted molar refractivity (Wildman–Crippen MR) is 74.7 cm³/mol. The van der Waals surface area contributed by atoms with Crippen LogP contribution in [0, 0.1) is 18.7 Å². The lowest BCUT2D eigenvalue weighted by Crippen LogP contribution is -2.37. The summed E-state index contributed by atoms with van der Waals surface area (Å²) in [6, 6.07) is 2.48. The number of nitrogens with zero attached hydrogens (tertiary/aromatic N) is 1. The molecule has 7 heteroatoms. The molecule has 3 rings (SSSR count). The number of hydrogen-bond donors (Lipinski definition) is 1. The number of piperidine rings is 1. The number of amides is 1. The second-order valence-corrected chi connectivity index (χ2v) is 7.45. The molecule has 114 valence electrons. The van der Waals surface area contributed by atoms with Gasteiger partial charge in [0.05, 0.1) is 4.90 Å². The topological polar surface area (TPSA) is 80.5 Å². The van der Waals surface area contributed by atoms with Crippen molar-refractivity contribution in [3.63, 3.8) is 0 Å². The average molecular weight is 312 g/mol. The Hall–Kier alpha value is -1.47. The van der Waals surface area contributed by atoms with Gasteiger partial charge in [-0.1, -0.05) is 0 Å². The zero-order valence-corrected chi connectivity index (χ0v) is 12.5. The second kappa shape index (κ2) is 4.78. The maximum atomic E-state index is 13.9. The summed E-state index contributed by atoms with van der Waals surface area (Å²) in [7, 11) is -4.06. The van der Waals surface area contributed by atoms with E-state index in [-0.39, 0.29) is 28.0 Å². The number of benzene rings is 1. The van der Waals surface area contributed by atoms with Crippen molar-refractivity contribution in [1.82, 2.24) is 4.90 Å². The number of fused-ring (bicyclic) bond motifs is 2.